The van der Waals surface area contributed by atoms with E-state index < -0.39 is 0 Å². The van der Waals surface area contributed by atoms with E-state index in [1.807, 2.05) is 30.4 Å². The summed E-state index contributed by atoms with van der Waals surface area (Å²) >= 11 is 0. The van der Waals surface area contributed by atoms with Crippen LogP contribution in [-0.2, 0) is 0 Å². The topological polar surface area (TPSA) is 78.6 Å². The summed E-state index contributed by atoms with van der Waals surface area (Å²) in [5, 5.41) is 4.37. The van der Waals surface area contributed by atoms with E-state index in [2.05, 4.69) is 47.0 Å². The Hall–Kier alpha value is -2.97. The molecule has 0 atom stereocenters. The van der Waals surface area contributed by atoms with Crippen molar-refractivity contribution in [1.82, 2.24) is 29.5 Å². The predicted molar refractivity (Wildman–Crippen MR) is 113 cm³/mol. The zero-order chi connectivity index (χ0) is 20.0. The fourth-order valence-electron chi connectivity index (χ4n) is 4.26. The van der Waals surface area contributed by atoms with E-state index in [0.29, 0.717) is 17.9 Å². The Kier molecular flexibility index (Phi) is 4.44. The standard InChI is InChI=1S/C20H27N9/c1-14-10-19(29-20(25-14)23-13-24-29)27-8-6-16(7-9-27)28(15-4-5-15)18-11-17(26(2)3)21-12-22-18/h10-13,15-16H,4-9H2,1-3H3. The van der Waals surface area contributed by atoms with Gasteiger partial charge >= 0.3 is 0 Å². The number of aromatic nitrogens is 6. The van der Waals surface area contributed by atoms with Gasteiger partial charge in [-0.1, -0.05) is 0 Å². The van der Waals surface area contributed by atoms with Crippen molar-refractivity contribution in [2.24, 2.45) is 0 Å². The summed E-state index contributed by atoms with van der Waals surface area (Å²) in [7, 11) is 4.04. The first-order valence-electron chi connectivity index (χ1n) is 10.3. The molecule has 0 N–H and O–H groups in total. The Balaban J connectivity index is 1.36. The number of hydrogen-bond donors (Lipinski definition) is 0. The van der Waals surface area contributed by atoms with Crippen LogP contribution in [0.3, 0.4) is 0 Å². The molecule has 0 radical (unpaired) electrons. The Morgan fingerprint density at radius 1 is 0.897 bits per heavy atom. The van der Waals surface area contributed by atoms with Gasteiger partial charge in [-0.3, -0.25) is 0 Å². The highest BCUT2D eigenvalue weighted by Gasteiger charge is 2.37. The lowest BCUT2D eigenvalue weighted by Gasteiger charge is -2.40. The molecule has 1 saturated heterocycles. The minimum Gasteiger partial charge on any atom is -0.363 e. The summed E-state index contributed by atoms with van der Waals surface area (Å²) < 4.78 is 1.85. The summed E-state index contributed by atoms with van der Waals surface area (Å²) in [6.45, 7) is 3.98. The zero-order valence-corrected chi connectivity index (χ0v) is 17.2. The third-order valence-electron chi connectivity index (χ3n) is 5.84. The first-order chi connectivity index (χ1) is 14.1. The summed E-state index contributed by atoms with van der Waals surface area (Å²) in [6, 6.07) is 5.34. The number of fused-ring (bicyclic) bond motifs is 1. The first kappa shape index (κ1) is 18.1. The highest BCUT2D eigenvalue weighted by atomic mass is 15.4. The van der Waals surface area contributed by atoms with Crippen LogP contribution < -0.4 is 14.7 Å². The molecule has 4 heterocycles. The second-order valence-electron chi connectivity index (χ2n) is 8.21. The van der Waals surface area contributed by atoms with E-state index in [-0.39, 0.29) is 0 Å². The predicted octanol–water partition coefficient (Wildman–Crippen LogP) is 1.93. The molecule has 0 aromatic carbocycles. The molecule has 0 unspecified atom stereocenters. The Morgan fingerprint density at radius 3 is 2.34 bits per heavy atom. The molecule has 0 spiro atoms. The number of nitrogens with zero attached hydrogens (tertiary/aromatic N) is 9. The quantitative estimate of drug-likeness (QED) is 0.651. The average Bonchev–Trinajstić information content (AvgIpc) is 3.44. The van der Waals surface area contributed by atoms with Crippen LogP contribution in [0.1, 0.15) is 31.4 Å². The Labute approximate surface area is 170 Å². The zero-order valence-electron chi connectivity index (χ0n) is 17.2. The van der Waals surface area contributed by atoms with Crippen LogP contribution in [0, 0.1) is 6.92 Å². The molecule has 2 aliphatic rings. The summed E-state index contributed by atoms with van der Waals surface area (Å²) in [5.74, 6) is 3.76. The van der Waals surface area contributed by atoms with Gasteiger partial charge in [0.2, 0.25) is 0 Å². The fourth-order valence-corrected chi connectivity index (χ4v) is 4.26. The molecule has 0 amide bonds. The van der Waals surface area contributed by atoms with Crippen molar-refractivity contribution in [2.75, 3.05) is 41.9 Å². The molecule has 3 aromatic rings. The van der Waals surface area contributed by atoms with Crippen LogP contribution >= 0.6 is 0 Å². The van der Waals surface area contributed by atoms with Crippen molar-refractivity contribution in [2.45, 2.75) is 44.7 Å². The number of piperidine rings is 1. The molecule has 2 fully saturated rings. The van der Waals surface area contributed by atoms with Crippen LogP contribution in [0.2, 0.25) is 0 Å². The van der Waals surface area contributed by atoms with Crippen molar-refractivity contribution in [1.29, 1.82) is 0 Å². The van der Waals surface area contributed by atoms with Crippen LogP contribution in [0.5, 0.6) is 0 Å². The Bertz CT molecular complexity index is 1000. The van der Waals surface area contributed by atoms with Gasteiger partial charge in [0.1, 0.15) is 30.1 Å². The van der Waals surface area contributed by atoms with Crippen molar-refractivity contribution < 1.29 is 0 Å². The fraction of sp³-hybridized carbons (Fsp3) is 0.550. The van der Waals surface area contributed by atoms with Crippen LogP contribution in [0.25, 0.3) is 5.78 Å². The van der Waals surface area contributed by atoms with Gasteiger partial charge < -0.3 is 14.7 Å². The number of aryl methyl sites for hydroxylation is 1. The van der Waals surface area contributed by atoms with E-state index in [0.717, 1.165) is 49.1 Å². The monoisotopic (exact) mass is 393 g/mol. The number of hydrogen-bond acceptors (Lipinski definition) is 8. The average molecular weight is 393 g/mol. The second-order valence-corrected chi connectivity index (χ2v) is 8.21. The third kappa shape index (κ3) is 3.45. The third-order valence-corrected chi connectivity index (χ3v) is 5.84. The lowest BCUT2D eigenvalue weighted by atomic mass is 10.0. The maximum absolute atomic E-state index is 4.63. The summed E-state index contributed by atoms with van der Waals surface area (Å²) in [4.78, 5) is 24.7. The van der Waals surface area contributed by atoms with E-state index >= 15 is 0 Å². The minimum atomic E-state index is 0.498. The van der Waals surface area contributed by atoms with E-state index in [1.54, 1.807) is 12.7 Å². The molecule has 9 heteroatoms. The molecule has 1 saturated carbocycles. The lowest BCUT2D eigenvalue weighted by Crippen LogP contribution is -2.47. The van der Waals surface area contributed by atoms with Gasteiger partial charge in [-0.2, -0.15) is 14.6 Å². The van der Waals surface area contributed by atoms with Gasteiger partial charge in [-0.15, -0.1) is 0 Å². The maximum atomic E-state index is 4.63. The maximum Gasteiger partial charge on any atom is 0.254 e. The molecule has 1 aliphatic heterocycles. The van der Waals surface area contributed by atoms with Crippen molar-refractivity contribution in [3.63, 3.8) is 0 Å². The van der Waals surface area contributed by atoms with Gasteiger partial charge in [0.05, 0.1) is 0 Å². The molecule has 3 aromatic heterocycles. The summed E-state index contributed by atoms with van der Waals surface area (Å²) in [5.41, 5.74) is 0.972. The van der Waals surface area contributed by atoms with E-state index in [9.17, 15) is 0 Å². The Morgan fingerprint density at radius 2 is 1.62 bits per heavy atom. The smallest absolute Gasteiger partial charge is 0.254 e. The van der Waals surface area contributed by atoms with Crippen molar-refractivity contribution in [3.05, 3.63) is 30.5 Å². The van der Waals surface area contributed by atoms with Gasteiger partial charge in [0.25, 0.3) is 5.78 Å². The van der Waals surface area contributed by atoms with Gasteiger partial charge in [-0.25, -0.2) is 15.0 Å². The molecule has 29 heavy (non-hydrogen) atoms. The number of anilines is 3. The normalized spacial score (nSPS) is 17.7. The molecule has 9 nitrogen and oxygen atoms in total. The molecule has 0 bridgehead atoms. The minimum absolute atomic E-state index is 0.498. The molecule has 1 aliphatic carbocycles. The van der Waals surface area contributed by atoms with Crippen molar-refractivity contribution in [3.8, 4) is 0 Å². The largest absolute Gasteiger partial charge is 0.363 e. The molecule has 152 valence electrons. The SMILES string of the molecule is Cc1cc(N2CCC(N(c3cc(N(C)C)ncn3)C3CC3)CC2)n2ncnc2n1. The van der Waals surface area contributed by atoms with Gasteiger partial charge in [0, 0.05) is 57.1 Å². The van der Waals surface area contributed by atoms with Crippen LogP contribution in [-0.4, -0.2) is 68.8 Å². The first-order valence-corrected chi connectivity index (χ1v) is 10.3. The van der Waals surface area contributed by atoms with E-state index in [4.69, 9.17) is 0 Å². The van der Waals surface area contributed by atoms with Crippen molar-refractivity contribution >= 4 is 23.2 Å². The van der Waals surface area contributed by atoms with Crippen LogP contribution in [0.15, 0.2) is 24.8 Å². The van der Waals surface area contributed by atoms with Gasteiger partial charge in [0.15, 0.2) is 0 Å². The van der Waals surface area contributed by atoms with Gasteiger partial charge in [-0.05, 0) is 32.6 Å². The lowest BCUT2D eigenvalue weighted by molar-refractivity contribution is 0.455. The number of rotatable bonds is 5. The summed E-state index contributed by atoms with van der Waals surface area (Å²) in [6.07, 6.45) is 7.96. The van der Waals surface area contributed by atoms with Crippen LogP contribution in [0.4, 0.5) is 17.5 Å². The highest BCUT2D eigenvalue weighted by Crippen LogP contribution is 2.36. The highest BCUT2D eigenvalue weighted by molar-refractivity contribution is 5.52. The molecular weight excluding hydrogens is 366 g/mol. The molecular formula is C20H27N9. The van der Waals surface area contributed by atoms with E-state index in [1.165, 1.54) is 12.8 Å². The second kappa shape index (κ2) is 7.13. The molecule has 5 rings (SSSR count).